The molecule has 3 aromatic rings. The zero-order valence-corrected chi connectivity index (χ0v) is 14.0. The summed E-state index contributed by atoms with van der Waals surface area (Å²) in [5.74, 6) is 0.0238. The van der Waals surface area contributed by atoms with Gasteiger partial charge in [-0.15, -0.1) is 10.2 Å². The van der Waals surface area contributed by atoms with E-state index in [9.17, 15) is 4.79 Å². The molecule has 0 saturated heterocycles. The molecule has 0 aliphatic heterocycles. The van der Waals surface area contributed by atoms with E-state index in [0.717, 1.165) is 0 Å². The molecule has 3 rings (SSSR count). The third kappa shape index (κ3) is 3.87. The van der Waals surface area contributed by atoms with Gasteiger partial charge in [0.15, 0.2) is 0 Å². The fourth-order valence-electron chi connectivity index (χ4n) is 1.84. The van der Waals surface area contributed by atoms with Crippen molar-refractivity contribution in [2.75, 3.05) is 11.1 Å². The lowest BCUT2D eigenvalue weighted by Gasteiger charge is -2.08. The molecule has 0 saturated carbocycles. The van der Waals surface area contributed by atoms with E-state index in [-0.39, 0.29) is 11.7 Å². The summed E-state index contributed by atoms with van der Waals surface area (Å²) in [7, 11) is 0. The average Bonchev–Trinajstić information content (AvgIpc) is 3.19. The molecular weight excluding hydrogens is 357 g/mol. The number of amides is 1. The number of nitrogens with one attached hydrogen (secondary N) is 1. The lowest BCUT2D eigenvalue weighted by atomic mass is 10.3. The number of nitrogens with zero attached hydrogens (tertiary/aromatic N) is 4. The number of aromatic nitrogens is 4. The first kappa shape index (κ1) is 15.9. The van der Waals surface area contributed by atoms with Crippen molar-refractivity contribution in [3.63, 3.8) is 0 Å². The van der Waals surface area contributed by atoms with Crippen LogP contribution in [0.1, 0.15) is 0 Å². The number of hydrogen-bond acceptors (Lipinski definition) is 4. The minimum Gasteiger partial charge on any atom is -0.325 e. The predicted molar refractivity (Wildman–Crippen MR) is 91.1 cm³/mol. The van der Waals surface area contributed by atoms with Crippen LogP contribution in [0.5, 0.6) is 0 Å². The Balaban J connectivity index is 1.61. The first-order valence-corrected chi connectivity index (χ1v) is 8.29. The normalized spacial score (nSPS) is 10.7. The Bertz CT molecular complexity index is 818. The van der Waals surface area contributed by atoms with Crippen molar-refractivity contribution in [1.29, 1.82) is 0 Å². The molecular formula is C14H11Cl2N5OS. The molecule has 6 nitrogen and oxygen atoms in total. The van der Waals surface area contributed by atoms with Gasteiger partial charge in [-0.3, -0.25) is 9.47 Å². The zero-order valence-electron chi connectivity index (χ0n) is 11.7. The second kappa shape index (κ2) is 7.08. The van der Waals surface area contributed by atoms with Gasteiger partial charge in [-0.1, -0.05) is 35.0 Å². The first-order chi connectivity index (χ1) is 11.1. The lowest BCUT2D eigenvalue weighted by molar-refractivity contribution is -0.113. The molecule has 0 fully saturated rings. The molecule has 0 aliphatic rings. The molecule has 1 aromatic carbocycles. The van der Waals surface area contributed by atoms with Crippen LogP contribution in [0, 0.1) is 0 Å². The Morgan fingerprint density at radius 2 is 2.00 bits per heavy atom. The number of anilines is 1. The first-order valence-electron chi connectivity index (χ1n) is 6.55. The molecule has 0 unspecified atom stereocenters. The number of hydrogen-bond donors (Lipinski definition) is 1. The van der Waals surface area contributed by atoms with E-state index in [0.29, 0.717) is 20.9 Å². The molecule has 2 heterocycles. The third-order valence-corrected chi connectivity index (χ3v) is 4.55. The van der Waals surface area contributed by atoms with Crippen LogP contribution in [-0.4, -0.2) is 31.2 Å². The SMILES string of the molecule is O=C(CSc1nncn1-n1cccc1)Nc1ccc(Cl)c(Cl)c1. The van der Waals surface area contributed by atoms with Gasteiger partial charge < -0.3 is 5.32 Å². The number of halogens is 2. The van der Waals surface area contributed by atoms with E-state index in [2.05, 4.69) is 15.5 Å². The van der Waals surface area contributed by atoms with Crippen LogP contribution in [0.4, 0.5) is 5.69 Å². The summed E-state index contributed by atoms with van der Waals surface area (Å²) >= 11 is 13.0. The number of thioether (sulfide) groups is 1. The highest BCUT2D eigenvalue weighted by atomic mass is 35.5. The molecule has 2 aromatic heterocycles. The van der Waals surface area contributed by atoms with Crippen LogP contribution < -0.4 is 5.32 Å². The molecule has 0 atom stereocenters. The highest BCUT2D eigenvalue weighted by Gasteiger charge is 2.10. The summed E-state index contributed by atoms with van der Waals surface area (Å²) in [6.45, 7) is 0. The van der Waals surface area contributed by atoms with Gasteiger partial charge in [0.2, 0.25) is 11.1 Å². The molecule has 0 aliphatic carbocycles. The molecule has 9 heteroatoms. The lowest BCUT2D eigenvalue weighted by Crippen LogP contribution is -2.15. The average molecular weight is 368 g/mol. The maximum Gasteiger partial charge on any atom is 0.234 e. The molecule has 0 radical (unpaired) electrons. The van der Waals surface area contributed by atoms with Gasteiger partial charge >= 0.3 is 0 Å². The standard InChI is InChI=1S/C14H11Cl2N5OS/c15-11-4-3-10(7-12(11)16)18-13(22)8-23-14-19-17-9-21(14)20-5-1-2-6-20/h1-7,9H,8H2,(H,18,22). The van der Waals surface area contributed by atoms with Crippen molar-refractivity contribution >= 4 is 46.6 Å². The maximum atomic E-state index is 12.0. The fourth-order valence-corrected chi connectivity index (χ4v) is 2.85. The highest BCUT2D eigenvalue weighted by molar-refractivity contribution is 7.99. The largest absolute Gasteiger partial charge is 0.325 e. The van der Waals surface area contributed by atoms with E-state index >= 15 is 0 Å². The number of carbonyl (C=O) groups excluding carboxylic acids is 1. The van der Waals surface area contributed by atoms with Crippen LogP contribution in [0.2, 0.25) is 10.0 Å². The Morgan fingerprint density at radius 3 is 2.74 bits per heavy atom. The minimum absolute atomic E-state index is 0.171. The molecule has 118 valence electrons. The molecule has 1 N–H and O–H groups in total. The van der Waals surface area contributed by atoms with E-state index in [4.69, 9.17) is 23.2 Å². The van der Waals surface area contributed by atoms with Crippen molar-refractivity contribution in [3.8, 4) is 0 Å². The monoisotopic (exact) mass is 367 g/mol. The number of benzene rings is 1. The fraction of sp³-hybridized carbons (Fsp3) is 0.0714. The van der Waals surface area contributed by atoms with Crippen LogP contribution >= 0.6 is 35.0 Å². The quantitative estimate of drug-likeness (QED) is 0.701. The van der Waals surface area contributed by atoms with Gasteiger partial charge in [0.1, 0.15) is 6.33 Å². The summed E-state index contributed by atoms with van der Waals surface area (Å²) < 4.78 is 3.57. The maximum absolute atomic E-state index is 12.0. The highest BCUT2D eigenvalue weighted by Crippen LogP contribution is 2.25. The second-order valence-corrected chi connectivity index (χ2v) is 6.24. The molecule has 0 spiro atoms. The van der Waals surface area contributed by atoms with Gasteiger partial charge in [-0.2, -0.15) is 0 Å². The topological polar surface area (TPSA) is 64.7 Å². The predicted octanol–water partition coefficient (Wildman–Crippen LogP) is 3.43. The van der Waals surface area contributed by atoms with Gasteiger partial charge in [-0.25, -0.2) is 4.68 Å². The Kier molecular flexibility index (Phi) is 4.90. The smallest absolute Gasteiger partial charge is 0.234 e. The van der Waals surface area contributed by atoms with Crippen molar-refractivity contribution < 1.29 is 4.79 Å². The summed E-state index contributed by atoms with van der Waals surface area (Å²) in [5.41, 5.74) is 0.594. The molecule has 0 bridgehead atoms. The van der Waals surface area contributed by atoms with Crippen LogP contribution in [-0.2, 0) is 4.79 Å². The van der Waals surface area contributed by atoms with E-state index in [1.807, 2.05) is 29.2 Å². The third-order valence-electron chi connectivity index (χ3n) is 2.87. The van der Waals surface area contributed by atoms with E-state index < -0.39 is 0 Å². The van der Waals surface area contributed by atoms with Crippen LogP contribution in [0.3, 0.4) is 0 Å². The second-order valence-electron chi connectivity index (χ2n) is 4.49. The van der Waals surface area contributed by atoms with E-state index in [1.165, 1.54) is 11.8 Å². The number of carbonyl (C=O) groups is 1. The van der Waals surface area contributed by atoms with Crippen LogP contribution in [0.15, 0.2) is 54.2 Å². The van der Waals surface area contributed by atoms with Crippen molar-refractivity contribution in [1.82, 2.24) is 19.5 Å². The summed E-state index contributed by atoms with van der Waals surface area (Å²) in [4.78, 5) is 12.0. The minimum atomic E-state index is -0.171. The van der Waals surface area contributed by atoms with Crippen LogP contribution in [0.25, 0.3) is 0 Å². The van der Waals surface area contributed by atoms with Crippen molar-refractivity contribution in [2.24, 2.45) is 0 Å². The molecule has 1 amide bonds. The Morgan fingerprint density at radius 1 is 1.22 bits per heavy atom. The van der Waals surface area contributed by atoms with Gasteiger partial charge in [0.05, 0.1) is 15.8 Å². The van der Waals surface area contributed by atoms with Crippen molar-refractivity contribution in [3.05, 3.63) is 59.1 Å². The summed E-state index contributed by atoms with van der Waals surface area (Å²) in [5, 5.41) is 12.1. The summed E-state index contributed by atoms with van der Waals surface area (Å²) in [6, 6.07) is 8.72. The van der Waals surface area contributed by atoms with Gasteiger partial charge in [0.25, 0.3) is 0 Å². The number of rotatable bonds is 5. The Labute approximate surface area is 146 Å². The van der Waals surface area contributed by atoms with E-state index in [1.54, 1.807) is 29.2 Å². The summed E-state index contributed by atoms with van der Waals surface area (Å²) in [6.07, 6.45) is 5.31. The molecule has 23 heavy (non-hydrogen) atoms. The Hall–Kier alpha value is -1.96. The van der Waals surface area contributed by atoms with Gasteiger partial charge in [0, 0.05) is 18.1 Å². The van der Waals surface area contributed by atoms with Crippen molar-refractivity contribution in [2.45, 2.75) is 5.16 Å². The van der Waals surface area contributed by atoms with Gasteiger partial charge in [-0.05, 0) is 30.3 Å². The zero-order chi connectivity index (χ0) is 16.2.